The predicted molar refractivity (Wildman–Crippen MR) is 48.5 cm³/mol. The third-order valence-electron chi connectivity index (χ3n) is 1.58. The molecule has 0 aliphatic carbocycles. The lowest BCUT2D eigenvalue weighted by Crippen LogP contribution is -2.16. The van der Waals surface area contributed by atoms with Crippen LogP contribution in [0.25, 0.3) is 0 Å². The summed E-state index contributed by atoms with van der Waals surface area (Å²) in [5.74, 6) is -0.749. The Kier molecular flexibility index (Phi) is 6.92. The van der Waals surface area contributed by atoms with Gasteiger partial charge in [-0.2, -0.15) is 0 Å². The molecule has 0 aromatic heterocycles. The molecule has 0 aliphatic rings. The molecule has 0 fully saturated rings. The van der Waals surface area contributed by atoms with E-state index in [1.165, 1.54) is 0 Å². The maximum Gasteiger partial charge on any atom is 0.334 e. The molecule has 0 amide bonds. The molecular formula is C9H15F2NO2. The third-order valence-corrected chi connectivity index (χ3v) is 1.58. The van der Waals surface area contributed by atoms with Crippen molar-refractivity contribution in [2.75, 3.05) is 13.2 Å². The highest BCUT2D eigenvalue weighted by molar-refractivity contribution is 5.88. The van der Waals surface area contributed by atoms with Gasteiger partial charge in [0, 0.05) is 10.9 Å². The minimum Gasteiger partial charge on any atom is -0.462 e. The molecule has 14 heavy (non-hydrogen) atoms. The first-order valence-corrected chi connectivity index (χ1v) is 4.52. The number of ether oxygens (including phenoxy) is 1. The fraction of sp³-hybridized carbons (Fsp3) is 0.667. The van der Waals surface area contributed by atoms with Crippen molar-refractivity contribution in [1.82, 2.24) is 5.34 Å². The number of rotatable bonds is 7. The first-order valence-electron chi connectivity index (χ1n) is 4.52. The fourth-order valence-corrected chi connectivity index (χ4v) is 0.828. The smallest absolute Gasteiger partial charge is 0.334 e. The number of carbonyl (C=O) groups is 1. The van der Waals surface area contributed by atoms with Crippen LogP contribution >= 0.6 is 0 Å². The Balaban J connectivity index is 3.58. The number of carbonyl (C=O) groups excluding carboxylic acids is 1. The van der Waals surface area contributed by atoms with Crippen molar-refractivity contribution in [3.8, 4) is 0 Å². The highest BCUT2D eigenvalue weighted by Gasteiger charge is 2.12. The van der Waals surface area contributed by atoms with Gasteiger partial charge in [0.05, 0.1) is 13.2 Å². The van der Waals surface area contributed by atoms with Crippen LogP contribution in [0.5, 0.6) is 0 Å². The Bertz CT molecular complexity index is 195. The molecule has 0 saturated carbocycles. The summed E-state index contributed by atoms with van der Waals surface area (Å²) in [4.78, 5) is 11.0. The number of halogens is 2. The topological polar surface area (TPSA) is 29.5 Å². The van der Waals surface area contributed by atoms with E-state index in [0.717, 1.165) is 19.3 Å². The minimum absolute atomic E-state index is 0.230. The zero-order valence-electron chi connectivity index (χ0n) is 8.26. The van der Waals surface area contributed by atoms with Crippen molar-refractivity contribution in [3.63, 3.8) is 0 Å². The van der Waals surface area contributed by atoms with E-state index in [4.69, 9.17) is 4.74 Å². The fourth-order valence-electron chi connectivity index (χ4n) is 0.828. The predicted octanol–water partition coefficient (Wildman–Crippen LogP) is 2.35. The third kappa shape index (κ3) is 6.54. The second kappa shape index (κ2) is 7.44. The molecule has 0 radical (unpaired) electrons. The lowest BCUT2D eigenvalue weighted by Gasteiger charge is -2.06. The Morgan fingerprint density at radius 3 is 2.57 bits per heavy atom. The van der Waals surface area contributed by atoms with Crippen LogP contribution in [0.2, 0.25) is 0 Å². The van der Waals surface area contributed by atoms with Crippen LogP contribution < -0.4 is 0 Å². The summed E-state index contributed by atoms with van der Waals surface area (Å²) in [5, 5.41) is -1.10. The molecule has 0 N–H and O–H groups in total. The van der Waals surface area contributed by atoms with Gasteiger partial charge in [0.1, 0.15) is 0 Å². The Morgan fingerprint density at radius 1 is 1.43 bits per heavy atom. The normalized spacial score (nSPS) is 10.3. The zero-order valence-corrected chi connectivity index (χ0v) is 8.26. The van der Waals surface area contributed by atoms with E-state index in [0.29, 0.717) is 0 Å². The van der Waals surface area contributed by atoms with Gasteiger partial charge in [0.2, 0.25) is 0 Å². The number of hydrogen-bond donors (Lipinski definition) is 0. The molecule has 0 aromatic rings. The lowest BCUT2D eigenvalue weighted by atomic mass is 10.2. The highest BCUT2D eigenvalue weighted by Crippen LogP contribution is 2.02. The van der Waals surface area contributed by atoms with Gasteiger partial charge in [-0.1, -0.05) is 26.3 Å². The second-order valence-corrected chi connectivity index (χ2v) is 2.91. The second-order valence-electron chi connectivity index (χ2n) is 2.91. The average Bonchev–Trinajstić information content (AvgIpc) is 2.11. The monoisotopic (exact) mass is 207 g/mol. The van der Waals surface area contributed by atoms with Crippen LogP contribution in [-0.2, 0) is 9.53 Å². The molecule has 0 saturated heterocycles. The molecule has 0 atom stereocenters. The largest absolute Gasteiger partial charge is 0.462 e. The van der Waals surface area contributed by atoms with E-state index in [1.807, 2.05) is 6.92 Å². The molecule has 0 bridgehead atoms. The van der Waals surface area contributed by atoms with Crippen molar-refractivity contribution in [1.29, 1.82) is 0 Å². The van der Waals surface area contributed by atoms with Crippen molar-refractivity contribution in [2.45, 2.75) is 26.2 Å². The summed E-state index contributed by atoms with van der Waals surface area (Å²) in [6.45, 7) is 4.71. The summed E-state index contributed by atoms with van der Waals surface area (Å²) >= 11 is 0. The van der Waals surface area contributed by atoms with Gasteiger partial charge in [-0.15, -0.1) is 8.96 Å². The SMILES string of the molecule is C=C(CN(F)F)C(=O)OCCCCC. The van der Waals surface area contributed by atoms with Crippen LogP contribution in [0.15, 0.2) is 12.2 Å². The van der Waals surface area contributed by atoms with Crippen LogP contribution in [-0.4, -0.2) is 24.5 Å². The quantitative estimate of drug-likeness (QED) is 0.278. The summed E-state index contributed by atoms with van der Waals surface area (Å²) in [5.41, 5.74) is -0.230. The van der Waals surface area contributed by atoms with Gasteiger partial charge >= 0.3 is 5.97 Å². The molecule has 0 rings (SSSR count). The van der Waals surface area contributed by atoms with E-state index in [2.05, 4.69) is 6.58 Å². The van der Waals surface area contributed by atoms with E-state index >= 15 is 0 Å². The van der Waals surface area contributed by atoms with Crippen molar-refractivity contribution in [3.05, 3.63) is 12.2 Å². The van der Waals surface area contributed by atoms with E-state index < -0.39 is 17.9 Å². The molecule has 0 heterocycles. The zero-order chi connectivity index (χ0) is 11.0. The number of unbranched alkanes of at least 4 members (excludes halogenated alkanes) is 2. The number of esters is 1. The van der Waals surface area contributed by atoms with Gasteiger partial charge in [0.25, 0.3) is 0 Å². The van der Waals surface area contributed by atoms with Crippen molar-refractivity contribution >= 4 is 5.97 Å². The van der Waals surface area contributed by atoms with Gasteiger partial charge in [-0.05, 0) is 6.42 Å². The summed E-state index contributed by atoms with van der Waals surface area (Å²) in [6.07, 6.45) is 2.73. The molecule has 5 heteroatoms. The Hall–Kier alpha value is -0.970. The Labute approximate surface area is 82.2 Å². The van der Waals surface area contributed by atoms with Gasteiger partial charge < -0.3 is 4.74 Å². The molecule has 0 aliphatic heterocycles. The summed E-state index contributed by atoms with van der Waals surface area (Å²) < 4.78 is 28.0. The van der Waals surface area contributed by atoms with Crippen molar-refractivity contribution in [2.24, 2.45) is 0 Å². The summed E-state index contributed by atoms with van der Waals surface area (Å²) in [7, 11) is 0. The Morgan fingerprint density at radius 2 is 2.07 bits per heavy atom. The van der Waals surface area contributed by atoms with Crippen LogP contribution in [0.3, 0.4) is 0 Å². The standard InChI is InChI=1S/C9H15F2NO2/c1-3-4-5-6-14-9(13)8(2)7-12(10)11/h2-7H2,1H3. The van der Waals surface area contributed by atoms with Gasteiger partial charge in [-0.25, -0.2) is 4.79 Å². The maximum absolute atomic E-state index is 11.7. The molecule has 3 nitrogen and oxygen atoms in total. The van der Waals surface area contributed by atoms with Crippen LogP contribution in [0.1, 0.15) is 26.2 Å². The molecule has 0 aromatic carbocycles. The molecule has 0 unspecified atom stereocenters. The number of hydrogen-bond acceptors (Lipinski definition) is 3. The van der Waals surface area contributed by atoms with E-state index in [-0.39, 0.29) is 12.2 Å². The highest BCUT2D eigenvalue weighted by atomic mass is 19.4. The van der Waals surface area contributed by atoms with E-state index in [9.17, 15) is 13.8 Å². The number of nitrogens with zero attached hydrogens (tertiary/aromatic N) is 1. The first-order chi connectivity index (χ1) is 6.57. The maximum atomic E-state index is 11.7. The van der Waals surface area contributed by atoms with Crippen LogP contribution in [0, 0.1) is 0 Å². The molecule has 0 spiro atoms. The molecular weight excluding hydrogens is 192 g/mol. The average molecular weight is 207 g/mol. The van der Waals surface area contributed by atoms with Crippen LogP contribution in [0.4, 0.5) is 8.96 Å². The van der Waals surface area contributed by atoms with E-state index in [1.54, 1.807) is 0 Å². The lowest BCUT2D eigenvalue weighted by molar-refractivity contribution is -0.154. The molecule has 82 valence electrons. The minimum atomic E-state index is -1.10. The first kappa shape index (κ1) is 13.0. The summed E-state index contributed by atoms with van der Waals surface area (Å²) in [6, 6.07) is 0. The van der Waals surface area contributed by atoms with Crippen molar-refractivity contribution < 1.29 is 18.5 Å². The van der Waals surface area contributed by atoms with Gasteiger partial charge in [-0.3, -0.25) is 0 Å². The van der Waals surface area contributed by atoms with Gasteiger partial charge in [0.15, 0.2) is 0 Å².